The molecule has 1 aromatic rings. The maximum absolute atomic E-state index is 12.3. The molecule has 0 saturated heterocycles. The van der Waals surface area contributed by atoms with Gasteiger partial charge >= 0.3 is 0 Å². The average Bonchev–Trinajstić information content (AvgIpc) is 2.85. The quantitative estimate of drug-likeness (QED) is 0.734. The molecule has 1 heterocycles. The highest BCUT2D eigenvalue weighted by Crippen LogP contribution is 2.19. The van der Waals surface area contributed by atoms with Gasteiger partial charge in [0.15, 0.2) is 5.03 Å². The number of imidazole rings is 1. The van der Waals surface area contributed by atoms with E-state index in [1.54, 1.807) is 4.57 Å². The van der Waals surface area contributed by atoms with E-state index in [0.717, 1.165) is 0 Å². The number of nitrogens with one attached hydrogen (secondary N) is 1. The second-order valence-electron chi connectivity index (χ2n) is 4.30. The Hall–Kier alpha value is -0.990. The van der Waals surface area contributed by atoms with Crippen molar-refractivity contribution >= 4 is 27.2 Å². The Bertz CT molecular complexity index is 547. The van der Waals surface area contributed by atoms with Gasteiger partial charge in [-0.15, -0.1) is 0 Å². The number of nitrogens with two attached hydrogens (primary N) is 1. The molecule has 1 aromatic heterocycles. The highest BCUT2D eigenvalue weighted by molar-refractivity contribution is 7.89. The number of aromatic nitrogens is 2. The largest absolute Gasteiger partial charge is 0.392 e. The highest BCUT2D eigenvalue weighted by Gasteiger charge is 2.35. The minimum absolute atomic E-state index is 0.0168. The molecule has 6 nitrogen and oxygen atoms in total. The van der Waals surface area contributed by atoms with Gasteiger partial charge in [-0.05, 0) is 19.8 Å². The number of aryl methyl sites for hydroxylation is 1. The van der Waals surface area contributed by atoms with Crippen molar-refractivity contribution in [2.24, 2.45) is 5.73 Å². The smallest absolute Gasteiger partial charge is 0.260 e. The minimum atomic E-state index is -3.73. The fraction of sp³-hybridized carbons (Fsp3) is 0.636. The van der Waals surface area contributed by atoms with E-state index in [2.05, 4.69) is 9.71 Å². The lowest BCUT2D eigenvalue weighted by Crippen LogP contribution is -2.55. The molecular weight excluding hydrogens is 284 g/mol. The Morgan fingerprint density at radius 1 is 1.47 bits per heavy atom. The lowest BCUT2D eigenvalue weighted by atomic mass is 9.94. The third kappa shape index (κ3) is 3.31. The van der Waals surface area contributed by atoms with Crippen LogP contribution in [0.4, 0.5) is 0 Å². The summed E-state index contributed by atoms with van der Waals surface area (Å²) < 4.78 is 28.9. The van der Waals surface area contributed by atoms with Gasteiger partial charge in [-0.25, -0.2) is 13.4 Å². The Labute approximate surface area is 119 Å². The van der Waals surface area contributed by atoms with Crippen LogP contribution in [0.2, 0.25) is 0 Å². The molecule has 0 fully saturated rings. The number of thiocarbonyl (C=S) groups is 1. The van der Waals surface area contributed by atoms with Crippen LogP contribution in [0.25, 0.3) is 0 Å². The maximum Gasteiger partial charge on any atom is 0.260 e. The van der Waals surface area contributed by atoms with E-state index in [9.17, 15) is 8.42 Å². The standard InChI is InChI=1S/C11H20N4O2S2/c1-4-11(5-2,10(12)18)14-19(16,17)9-7-15(6-3)8-13-9/h7-8,14H,4-6H2,1-3H3,(H2,12,18). The summed E-state index contributed by atoms with van der Waals surface area (Å²) in [5.41, 5.74) is 4.79. The first kappa shape index (κ1) is 16.1. The molecule has 3 N–H and O–H groups in total. The van der Waals surface area contributed by atoms with Crippen LogP contribution >= 0.6 is 12.2 Å². The molecule has 0 spiro atoms. The summed E-state index contributed by atoms with van der Waals surface area (Å²) in [6.07, 6.45) is 3.95. The zero-order valence-electron chi connectivity index (χ0n) is 11.4. The number of hydrogen-bond donors (Lipinski definition) is 2. The van der Waals surface area contributed by atoms with Gasteiger partial charge in [-0.3, -0.25) is 0 Å². The molecule has 0 bridgehead atoms. The number of rotatable bonds is 7. The Balaban J connectivity index is 3.10. The number of hydrogen-bond acceptors (Lipinski definition) is 4. The van der Waals surface area contributed by atoms with Crippen molar-refractivity contribution in [3.63, 3.8) is 0 Å². The van der Waals surface area contributed by atoms with Gasteiger partial charge in [0.05, 0.1) is 16.9 Å². The molecule has 0 unspecified atom stereocenters. The Morgan fingerprint density at radius 3 is 2.42 bits per heavy atom. The molecule has 8 heteroatoms. The van der Waals surface area contributed by atoms with Crippen molar-refractivity contribution in [3.05, 3.63) is 12.5 Å². The van der Waals surface area contributed by atoms with Crippen LogP contribution in [0.5, 0.6) is 0 Å². The highest BCUT2D eigenvalue weighted by atomic mass is 32.2. The normalized spacial score (nSPS) is 12.6. The van der Waals surface area contributed by atoms with Crippen molar-refractivity contribution in [1.82, 2.24) is 14.3 Å². The van der Waals surface area contributed by atoms with Gasteiger partial charge in [0.25, 0.3) is 10.0 Å². The molecule has 19 heavy (non-hydrogen) atoms. The zero-order valence-corrected chi connectivity index (χ0v) is 13.0. The summed E-state index contributed by atoms with van der Waals surface area (Å²) >= 11 is 5.00. The van der Waals surface area contributed by atoms with Crippen molar-refractivity contribution in [1.29, 1.82) is 0 Å². The van der Waals surface area contributed by atoms with E-state index in [0.29, 0.717) is 19.4 Å². The molecule has 0 aliphatic carbocycles. The molecule has 0 aliphatic heterocycles. The fourth-order valence-electron chi connectivity index (χ4n) is 1.75. The van der Waals surface area contributed by atoms with Crippen LogP contribution in [0.15, 0.2) is 17.6 Å². The maximum atomic E-state index is 12.3. The van der Waals surface area contributed by atoms with Crippen LogP contribution in [-0.2, 0) is 16.6 Å². The SMILES string of the molecule is CCn1cnc(S(=O)(=O)NC(CC)(CC)C(N)=S)c1. The van der Waals surface area contributed by atoms with E-state index in [1.807, 2.05) is 20.8 Å². The van der Waals surface area contributed by atoms with E-state index >= 15 is 0 Å². The van der Waals surface area contributed by atoms with Gasteiger partial charge in [0, 0.05) is 12.7 Å². The predicted octanol–water partition coefficient (Wildman–Crippen LogP) is 1.03. The first-order valence-electron chi connectivity index (χ1n) is 6.17. The molecule has 0 atom stereocenters. The Morgan fingerprint density at radius 2 is 2.05 bits per heavy atom. The second kappa shape index (κ2) is 5.98. The molecule has 1 rings (SSSR count). The molecule has 0 radical (unpaired) electrons. The van der Waals surface area contributed by atoms with Crippen LogP contribution in [-0.4, -0.2) is 28.5 Å². The third-order valence-corrected chi connectivity index (χ3v) is 5.07. The molecule has 0 aromatic carbocycles. The molecule has 0 saturated carbocycles. The first-order chi connectivity index (χ1) is 8.81. The molecule has 108 valence electrons. The molecular formula is C11H20N4O2S2. The van der Waals surface area contributed by atoms with Crippen molar-refractivity contribution in [2.45, 2.75) is 50.7 Å². The Kier molecular flexibility index (Phi) is 5.05. The summed E-state index contributed by atoms with van der Waals surface area (Å²) in [4.78, 5) is 4.05. The van der Waals surface area contributed by atoms with Crippen molar-refractivity contribution in [2.75, 3.05) is 0 Å². The zero-order chi connectivity index (χ0) is 14.7. The van der Waals surface area contributed by atoms with E-state index in [1.165, 1.54) is 12.5 Å². The summed E-state index contributed by atoms with van der Waals surface area (Å²) in [7, 11) is -3.73. The predicted molar refractivity (Wildman–Crippen MR) is 78.3 cm³/mol. The minimum Gasteiger partial charge on any atom is -0.392 e. The van der Waals surface area contributed by atoms with Crippen molar-refractivity contribution < 1.29 is 8.42 Å². The van der Waals surface area contributed by atoms with Gasteiger partial charge in [-0.1, -0.05) is 26.1 Å². The average molecular weight is 304 g/mol. The van der Waals surface area contributed by atoms with Gasteiger partial charge in [0.2, 0.25) is 0 Å². The summed E-state index contributed by atoms with van der Waals surface area (Å²) in [6.45, 7) is 6.25. The second-order valence-corrected chi connectivity index (χ2v) is 6.37. The first-order valence-corrected chi connectivity index (χ1v) is 8.06. The van der Waals surface area contributed by atoms with Crippen LogP contribution in [0.1, 0.15) is 33.6 Å². The van der Waals surface area contributed by atoms with Crippen LogP contribution < -0.4 is 10.5 Å². The summed E-state index contributed by atoms with van der Waals surface area (Å²) in [5, 5.41) is -0.0168. The summed E-state index contributed by atoms with van der Waals surface area (Å²) in [5.74, 6) is 0. The van der Waals surface area contributed by atoms with Gasteiger partial charge < -0.3 is 10.3 Å². The van der Waals surface area contributed by atoms with Crippen LogP contribution in [0.3, 0.4) is 0 Å². The van der Waals surface area contributed by atoms with E-state index in [-0.39, 0.29) is 10.0 Å². The number of nitrogens with zero attached hydrogens (tertiary/aromatic N) is 2. The van der Waals surface area contributed by atoms with Gasteiger partial charge in [-0.2, -0.15) is 4.72 Å². The fourth-order valence-corrected chi connectivity index (χ4v) is 3.64. The van der Waals surface area contributed by atoms with Crippen molar-refractivity contribution in [3.8, 4) is 0 Å². The lowest BCUT2D eigenvalue weighted by Gasteiger charge is -2.30. The topological polar surface area (TPSA) is 90.0 Å². The van der Waals surface area contributed by atoms with E-state index in [4.69, 9.17) is 18.0 Å². The number of sulfonamides is 1. The van der Waals surface area contributed by atoms with E-state index < -0.39 is 15.6 Å². The summed E-state index contributed by atoms with van der Waals surface area (Å²) in [6, 6.07) is 0. The molecule has 0 aliphatic rings. The monoisotopic (exact) mass is 304 g/mol. The molecule has 0 amide bonds. The van der Waals surface area contributed by atoms with Crippen LogP contribution in [0, 0.1) is 0 Å². The van der Waals surface area contributed by atoms with Gasteiger partial charge in [0.1, 0.15) is 0 Å². The third-order valence-electron chi connectivity index (χ3n) is 3.26. The lowest BCUT2D eigenvalue weighted by molar-refractivity contribution is 0.464.